The Morgan fingerprint density at radius 3 is 2.54 bits per heavy atom. The van der Waals surface area contributed by atoms with Crippen molar-refractivity contribution in [2.75, 3.05) is 0 Å². The van der Waals surface area contributed by atoms with Crippen LogP contribution in [-0.2, 0) is 14.6 Å². The first-order chi connectivity index (χ1) is 11.5. The Labute approximate surface area is 138 Å². The van der Waals surface area contributed by atoms with E-state index in [1.54, 1.807) is 48.5 Å². The van der Waals surface area contributed by atoms with Crippen molar-refractivity contribution in [3.05, 3.63) is 66.4 Å². The molecule has 0 aliphatic carbocycles. The van der Waals surface area contributed by atoms with Crippen LogP contribution >= 0.6 is 0 Å². The molecule has 0 unspecified atom stereocenters. The van der Waals surface area contributed by atoms with Crippen LogP contribution in [-0.4, -0.2) is 24.5 Å². The molecule has 0 saturated carbocycles. The third kappa shape index (κ3) is 2.82. The lowest BCUT2D eigenvalue weighted by atomic mass is 10.1. The van der Waals surface area contributed by atoms with Crippen molar-refractivity contribution in [2.45, 2.75) is 9.79 Å². The Kier molecular flexibility index (Phi) is 4.20. The predicted molar refractivity (Wildman–Crippen MR) is 89.2 cm³/mol. The number of carbonyl (C=O) groups is 1. The summed E-state index contributed by atoms with van der Waals surface area (Å²) in [7, 11) is -3.65. The minimum Gasteiger partial charge on any atom is -0.359 e. The molecule has 3 rings (SSSR count). The van der Waals surface area contributed by atoms with E-state index in [1.165, 1.54) is 17.8 Å². The SMILES string of the molecule is O=C(/C=C/c1cccc2c(S(=O)(=O)c3ccccc3)c[nH]c12)NO. The molecule has 3 N–H and O–H groups in total. The van der Waals surface area contributed by atoms with Crippen LogP contribution in [0.2, 0.25) is 0 Å². The second-order valence-corrected chi connectivity index (χ2v) is 6.97. The molecule has 2 aromatic carbocycles. The van der Waals surface area contributed by atoms with E-state index in [4.69, 9.17) is 5.21 Å². The predicted octanol–water partition coefficient (Wildman–Crippen LogP) is 2.52. The maximum Gasteiger partial charge on any atom is 0.267 e. The van der Waals surface area contributed by atoms with E-state index in [2.05, 4.69) is 4.98 Å². The number of hydrogen-bond donors (Lipinski definition) is 3. The third-order valence-corrected chi connectivity index (χ3v) is 5.39. The minimum atomic E-state index is -3.65. The number of amides is 1. The summed E-state index contributed by atoms with van der Waals surface area (Å²) in [6, 6.07) is 13.3. The standard InChI is InChI=1S/C17H14N2O4S/c20-16(19-21)10-9-12-5-4-8-14-15(11-18-17(12)14)24(22,23)13-6-2-1-3-7-13/h1-11,18,21H,(H,19,20)/b10-9+. The third-order valence-electron chi connectivity index (χ3n) is 3.58. The van der Waals surface area contributed by atoms with Gasteiger partial charge in [0.05, 0.1) is 15.3 Å². The molecule has 122 valence electrons. The van der Waals surface area contributed by atoms with E-state index < -0.39 is 15.7 Å². The Hall–Kier alpha value is -2.90. The van der Waals surface area contributed by atoms with E-state index in [9.17, 15) is 13.2 Å². The Morgan fingerprint density at radius 1 is 1.08 bits per heavy atom. The zero-order chi connectivity index (χ0) is 17.2. The first-order valence-electron chi connectivity index (χ1n) is 7.06. The van der Waals surface area contributed by atoms with Gasteiger partial charge in [-0.1, -0.05) is 36.4 Å². The van der Waals surface area contributed by atoms with Gasteiger partial charge in [0.2, 0.25) is 9.84 Å². The first kappa shape index (κ1) is 16.0. The molecule has 24 heavy (non-hydrogen) atoms. The highest BCUT2D eigenvalue weighted by Gasteiger charge is 2.21. The number of para-hydroxylation sites is 1. The van der Waals surface area contributed by atoms with Gasteiger partial charge in [-0.15, -0.1) is 0 Å². The number of nitrogens with one attached hydrogen (secondary N) is 2. The summed E-state index contributed by atoms with van der Waals surface area (Å²) in [5.74, 6) is -0.671. The molecule has 0 saturated heterocycles. The summed E-state index contributed by atoms with van der Waals surface area (Å²) in [4.78, 5) is 14.5. The summed E-state index contributed by atoms with van der Waals surface area (Å²) in [5.41, 5.74) is 2.72. The van der Waals surface area contributed by atoms with E-state index in [-0.39, 0.29) is 9.79 Å². The number of hydroxylamine groups is 1. The van der Waals surface area contributed by atoms with Gasteiger partial charge in [0, 0.05) is 17.7 Å². The number of aromatic amines is 1. The molecular formula is C17H14N2O4S. The van der Waals surface area contributed by atoms with Crippen LogP contribution in [0.5, 0.6) is 0 Å². The van der Waals surface area contributed by atoms with Gasteiger partial charge in [-0.25, -0.2) is 13.9 Å². The van der Waals surface area contributed by atoms with Gasteiger partial charge in [-0.2, -0.15) is 0 Å². The van der Waals surface area contributed by atoms with Gasteiger partial charge in [-0.05, 0) is 23.8 Å². The van der Waals surface area contributed by atoms with Crippen molar-refractivity contribution in [3.8, 4) is 0 Å². The Morgan fingerprint density at radius 2 is 1.83 bits per heavy atom. The Balaban J connectivity index is 2.13. The molecule has 6 nitrogen and oxygen atoms in total. The van der Waals surface area contributed by atoms with Crippen LogP contribution in [0, 0.1) is 0 Å². The fourth-order valence-corrected chi connectivity index (χ4v) is 3.89. The molecule has 0 atom stereocenters. The second-order valence-electron chi connectivity index (χ2n) is 5.05. The van der Waals surface area contributed by atoms with Gasteiger partial charge >= 0.3 is 0 Å². The van der Waals surface area contributed by atoms with Crippen molar-refractivity contribution in [1.82, 2.24) is 10.5 Å². The number of aromatic nitrogens is 1. The van der Waals surface area contributed by atoms with Crippen molar-refractivity contribution in [1.29, 1.82) is 0 Å². The average molecular weight is 342 g/mol. The monoisotopic (exact) mass is 342 g/mol. The lowest BCUT2D eigenvalue weighted by molar-refractivity contribution is -0.124. The molecule has 0 aliphatic heterocycles. The molecular weight excluding hydrogens is 328 g/mol. The minimum absolute atomic E-state index is 0.172. The molecule has 1 amide bonds. The van der Waals surface area contributed by atoms with E-state index >= 15 is 0 Å². The lowest BCUT2D eigenvalue weighted by Gasteiger charge is -2.03. The molecule has 0 radical (unpaired) electrons. The average Bonchev–Trinajstić information content (AvgIpc) is 3.05. The summed E-state index contributed by atoms with van der Waals surface area (Å²) in [6.07, 6.45) is 4.08. The van der Waals surface area contributed by atoms with Gasteiger partial charge in [-0.3, -0.25) is 10.0 Å². The second kappa shape index (κ2) is 6.31. The molecule has 1 heterocycles. The fraction of sp³-hybridized carbons (Fsp3) is 0. The van der Waals surface area contributed by atoms with E-state index in [0.717, 1.165) is 6.08 Å². The van der Waals surface area contributed by atoms with E-state index in [0.29, 0.717) is 16.5 Å². The van der Waals surface area contributed by atoms with Crippen molar-refractivity contribution >= 4 is 32.7 Å². The topological polar surface area (TPSA) is 99.3 Å². The largest absolute Gasteiger partial charge is 0.359 e. The highest BCUT2D eigenvalue weighted by molar-refractivity contribution is 7.91. The first-order valence-corrected chi connectivity index (χ1v) is 8.55. The normalized spacial score (nSPS) is 11.9. The van der Waals surface area contributed by atoms with Gasteiger partial charge < -0.3 is 4.98 Å². The van der Waals surface area contributed by atoms with Crippen LogP contribution in [0.25, 0.3) is 17.0 Å². The zero-order valence-electron chi connectivity index (χ0n) is 12.4. The van der Waals surface area contributed by atoms with Crippen molar-refractivity contribution in [2.24, 2.45) is 0 Å². The lowest BCUT2D eigenvalue weighted by Crippen LogP contribution is -2.14. The molecule has 0 fully saturated rings. The molecule has 7 heteroatoms. The van der Waals surface area contributed by atoms with Crippen molar-refractivity contribution < 1.29 is 18.4 Å². The van der Waals surface area contributed by atoms with Crippen LogP contribution in [0.4, 0.5) is 0 Å². The number of rotatable bonds is 4. The van der Waals surface area contributed by atoms with Crippen LogP contribution in [0.3, 0.4) is 0 Å². The molecule has 0 bridgehead atoms. The summed E-state index contributed by atoms with van der Waals surface area (Å²) >= 11 is 0. The summed E-state index contributed by atoms with van der Waals surface area (Å²) in [5, 5.41) is 9.06. The van der Waals surface area contributed by atoms with E-state index in [1.807, 2.05) is 0 Å². The van der Waals surface area contributed by atoms with Gasteiger partial charge in [0.1, 0.15) is 0 Å². The molecule has 0 spiro atoms. The number of H-pyrrole nitrogens is 1. The number of hydrogen-bond acceptors (Lipinski definition) is 4. The fourth-order valence-electron chi connectivity index (χ4n) is 2.44. The molecule has 3 aromatic rings. The summed E-state index contributed by atoms with van der Waals surface area (Å²) < 4.78 is 25.6. The number of carbonyl (C=O) groups excluding carboxylic acids is 1. The summed E-state index contributed by atoms with van der Waals surface area (Å²) in [6.45, 7) is 0. The highest BCUT2D eigenvalue weighted by Crippen LogP contribution is 2.30. The maximum absolute atomic E-state index is 12.8. The highest BCUT2D eigenvalue weighted by atomic mass is 32.2. The Bertz CT molecular complexity index is 1020. The van der Waals surface area contributed by atoms with Gasteiger partial charge in [0.15, 0.2) is 0 Å². The maximum atomic E-state index is 12.8. The smallest absolute Gasteiger partial charge is 0.267 e. The van der Waals surface area contributed by atoms with Gasteiger partial charge in [0.25, 0.3) is 5.91 Å². The number of fused-ring (bicyclic) bond motifs is 1. The number of sulfone groups is 1. The zero-order valence-corrected chi connectivity index (χ0v) is 13.2. The van der Waals surface area contributed by atoms with Crippen LogP contribution in [0.15, 0.2) is 70.6 Å². The van der Waals surface area contributed by atoms with Crippen LogP contribution in [0.1, 0.15) is 5.56 Å². The van der Waals surface area contributed by atoms with Crippen molar-refractivity contribution in [3.63, 3.8) is 0 Å². The quantitative estimate of drug-likeness (QED) is 0.385. The number of benzene rings is 2. The molecule has 1 aromatic heterocycles. The molecule has 0 aliphatic rings. The van der Waals surface area contributed by atoms with Crippen LogP contribution < -0.4 is 5.48 Å².